The van der Waals surface area contributed by atoms with Gasteiger partial charge >= 0.3 is 0 Å². The molecular weight excluding hydrogens is 305 g/mol. The van der Waals surface area contributed by atoms with E-state index in [0.717, 1.165) is 25.7 Å². The van der Waals surface area contributed by atoms with Crippen molar-refractivity contribution in [1.29, 1.82) is 0 Å². The summed E-state index contributed by atoms with van der Waals surface area (Å²) in [5, 5.41) is 3.22. The standard InChI is InChI=1S/C12H15BrClNO2/c13-11-6-5-10(17-11)12(16)15-7-8-1-3-9(14)4-2-8/h5-6,8-9H,1-4,7H2,(H,15,16). The van der Waals surface area contributed by atoms with Crippen molar-refractivity contribution in [1.82, 2.24) is 5.32 Å². The minimum atomic E-state index is -0.149. The van der Waals surface area contributed by atoms with E-state index in [4.69, 9.17) is 16.0 Å². The van der Waals surface area contributed by atoms with E-state index < -0.39 is 0 Å². The van der Waals surface area contributed by atoms with E-state index in [1.54, 1.807) is 12.1 Å². The maximum absolute atomic E-state index is 11.7. The molecule has 0 saturated heterocycles. The summed E-state index contributed by atoms with van der Waals surface area (Å²) in [6.07, 6.45) is 4.29. The Morgan fingerprint density at radius 2 is 2.12 bits per heavy atom. The van der Waals surface area contributed by atoms with Crippen LogP contribution < -0.4 is 5.32 Å². The molecule has 94 valence electrons. The highest BCUT2D eigenvalue weighted by molar-refractivity contribution is 9.10. The summed E-state index contributed by atoms with van der Waals surface area (Å²) in [5.74, 6) is 0.749. The molecule has 17 heavy (non-hydrogen) atoms. The van der Waals surface area contributed by atoms with Gasteiger partial charge < -0.3 is 9.73 Å². The van der Waals surface area contributed by atoms with Gasteiger partial charge in [-0.25, -0.2) is 0 Å². The second-order valence-electron chi connectivity index (χ2n) is 4.43. The summed E-state index contributed by atoms with van der Waals surface area (Å²) < 4.78 is 5.76. The van der Waals surface area contributed by atoms with E-state index in [0.29, 0.717) is 28.3 Å². The van der Waals surface area contributed by atoms with Crippen molar-refractivity contribution >= 4 is 33.4 Å². The van der Waals surface area contributed by atoms with Crippen molar-refractivity contribution in [3.8, 4) is 0 Å². The Kier molecular flexibility index (Phi) is 4.51. The minimum absolute atomic E-state index is 0.149. The zero-order chi connectivity index (χ0) is 12.3. The molecule has 0 atom stereocenters. The van der Waals surface area contributed by atoms with Gasteiger partial charge in [-0.05, 0) is 59.7 Å². The van der Waals surface area contributed by atoms with Crippen LogP contribution in [0.25, 0.3) is 0 Å². The second kappa shape index (κ2) is 5.91. The summed E-state index contributed by atoms with van der Waals surface area (Å²) in [4.78, 5) is 11.7. The number of halogens is 2. The fraction of sp³-hybridized carbons (Fsp3) is 0.583. The first-order valence-electron chi connectivity index (χ1n) is 5.83. The van der Waals surface area contributed by atoms with Crippen LogP contribution >= 0.6 is 27.5 Å². The Hall–Kier alpha value is -0.480. The van der Waals surface area contributed by atoms with Gasteiger partial charge in [-0.15, -0.1) is 11.6 Å². The number of alkyl halides is 1. The molecule has 1 amide bonds. The summed E-state index contributed by atoms with van der Waals surface area (Å²) in [7, 11) is 0. The molecule has 5 heteroatoms. The van der Waals surface area contributed by atoms with Gasteiger partial charge in [0.2, 0.25) is 0 Å². The maximum Gasteiger partial charge on any atom is 0.287 e. The molecule has 1 N–H and O–H groups in total. The molecule has 0 unspecified atom stereocenters. The highest BCUT2D eigenvalue weighted by Gasteiger charge is 2.20. The smallest absolute Gasteiger partial charge is 0.287 e. The third-order valence-electron chi connectivity index (χ3n) is 3.12. The lowest BCUT2D eigenvalue weighted by molar-refractivity contribution is 0.0914. The number of rotatable bonds is 3. The average Bonchev–Trinajstić information content (AvgIpc) is 2.75. The lowest BCUT2D eigenvalue weighted by atomic mass is 9.89. The molecule has 0 aromatic carbocycles. The van der Waals surface area contributed by atoms with Crippen LogP contribution in [-0.2, 0) is 0 Å². The lowest BCUT2D eigenvalue weighted by Crippen LogP contribution is -2.31. The molecule has 1 aliphatic carbocycles. The number of nitrogens with one attached hydrogen (secondary N) is 1. The Morgan fingerprint density at radius 1 is 1.41 bits per heavy atom. The largest absolute Gasteiger partial charge is 0.444 e. The molecule has 1 fully saturated rings. The zero-order valence-corrected chi connectivity index (χ0v) is 11.8. The number of carbonyl (C=O) groups is 1. The van der Waals surface area contributed by atoms with Crippen LogP contribution in [-0.4, -0.2) is 17.8 Å². The number of furan rings is 1. The van der Waals surface area contributed by atoms with Gasteiger partial charge in [0.25, 0.3) is 5.91 Å². The van der Waals surface area contributed by atoms with E-state index in [-0.39, 0.29) is 5.91 Å². The van der Waals surface area contributed by atoms with E-state index in [2.05, 4.69) is 21.2 Å². The molecule has 0 spiro atoms. The third-order valence-corrected chi connectivity index (χ3v) is 3.99. The summed E-state index contributed by atoms with van der Waals surface area (Å²) >= 11 is 9.21. The third kappa shape index (κ3) is 3.75. The summed E-state index contributed by atoms with van der Waals surface area (Å²) in [6.45, 7) is 0.709. The van der Waals surface area contributed by atoms with Crippen molar-refractivity contribution < 1.29 is 9.21 Å². The van der Waals surface area contributed by atoms with Crippen LogP contribution in [0.1, 0.15) is 36.2 Å². The average molecular weight is 321 g/mol. The quantitative estimate of drug-likeness (QED) is 0.865. The van der Waals surface area contributed by atoms with Crippen molar-refractivity contribution in [3.05, 3.63) is 22.6 Å². The lowest BCUT2D eigenvalue weighted by Gasteiger charge is -2.24. The zero-order valence-electron chi connectivity index (χ0n) is 9.42. The molecule has 1 heterocycles. The van der Waals surface area contributed by atoms with Crippen molar-refractivity contribution in [2.24, 2.45) is 5.92 Å². The highest BCUT2D eigenvalue weighted by atomic mass is 79.9. The van der Waals surface area contributed by atoms with Gasteiger partial charge in [-0.3, -0.25) is 4.79 Å². The van der Waals surface area contributed by atoms with Crippen molar-refractivity contribution in [2.45, 2.75) is 31.1 Å². The molecule has 1 aromatic heterocycles. The molecule has 0 bridgehead atoms. The molecule has 2 rings (SSSR count). The molecule has 3 nitrogen and oxygen atoms in total. The fourth-order valence-corrected chi connectivity index (χ4v) is 2.64. The van der Waals surface area contributed by atoms with Gasteiger partial charge in [0.05, 0.1) is 0 Å². The van der Waals surface area contributed by atoms with E-state index >= 15 is 0 Å². The molecule has 1 aromatic rings. The molecule has 0 radical (unpaired) electrons. The SMILES string of the molecule is O=C(NCC1CCC(Cl)CC1)c1ccc(Br)o1. The summed E-state index contributed by atoms with van der Waals surface area (Å²) in [6, 6.07) is 3.38. The Balaban J connectivity index is 1.76. The molecule has 0 aliphatic heterocycles. The first-order chi connectivity index (χ1) is 8.15. The predicted molar refractivity (Wildman–Crippen MR) is 70.3 cm³/mol. The maximum atomic E-state index is 11.7. The van der Waals surface area contributed by atoms with E-state index in [9.17, 15) is 4.79 Å². The van der Waals surface area contributed by atoms with Crippen molar-refractivity contribution in [2.75, 3.05) is 6.54 Å². The predicted octanol–water partition coefficient (Wildman–Crippen LogP) is 3.57. The van der Waals surface area contributed by atoms with E-state index in [1.165, 1.54) is 0 Å². The number of hydrogen-bond acceptors (Lipinski definition) is 2. The van der Waals surface area contributed by atoms with Gasteiger partial charge in [0, 0.05) is 11.9 Å². The van der Waals surface area contributed by atoms with Gasteiger partial charge in [0.15, 0.2) is 10.4 Å². The number of amides is 1. The van der Waals surface area contributed by atoms with Crippen LogP contribution in [0.15, 0.2) is 21.2 Å². The van der Waals surface area contributed by atoms with Crippen LogP contribution in [0.3, 0.4) is 0 Å². The molecule has 1 saturated carbocycles. The number of hydrogen-bond donors (Lipinski definition) is 1. The fourth-order valence-electron chi connectivity index (χ4n) is 2.09. The normalized spacial score (nSPS) is 24.6. The van der Waals surface area contributed by atoms with Crippen molar-refractivity contribution in [3.63, 3.8) is 0 Å². The van der Waals surface area contributed by atoms with Crippen LogP contribution in [0, 0.1) is 5.92 Å². The van der Waals surface area contributed by atoms with E-state index in [1.807, 2.05) is 0 Å². The first kappa shape index (κ1) is 13.0. The van der Waals surface area contributed by atoms with Crippen LogP contribution in [0.2, 0.25) is 0 Å². The van der Waals surface area contributed by atoms with Gasteiger partial charge in [-0.2, -0.15) is 0 Å². The summed E-state index contributed by atoms with van der Waals surface area (Å²) in [5.41, 5.74) is 0. The van der Waals surface area contributed by atoms with Crippen LogP contribution in [0.5, 0.6) is 0 Å². The topological polar surface area (TPSA) is 42.2 Å². The highest BCUT2D eigenvalue weighted by Crippen LogP contribution is 2.27. The monoisotopic (exact) mass is 319 g/mol. The Morgan fingerprint density at radius 3 is 2.71 bits per heavy atom. The van der Waals surface area contributed by atoms with Gasteiger partial charge in [-0.1, -0.05) is 0 Å². The molecular formula is C12H15BrClNO2. The Bertz CT molecular complexity index is 386. The first-order valence-corrected chi connectivity index (χ1v) is 7.05. The van der Waals surface area contributed by atoms with Gasteiger partial charge in [0.1, 0.15) is 0 Å². The Labute approximate surface area is 114 Å². The van der Waals surface area contributed by atoms with Crippen LogP contribution in [0.4, 0.5) is 0 Å². The second-order valence-corrected chi connectivity index (χ2v) is 5.83. The molecule has 1 aliphatic rings. The number of carbonyl (C=O) groups excluding carboxylic acids is 1. The minimum Gasteiger partial charge on any atom is -0.444 e.